The van der Waals surface area contributed by atoms with Crippen molar-refractivity contribution in [3.05, 3.63) is 38.9 Å². The van der Waals surface area contributed by atoms with Gasteiger partial charge < -0.3 is 9.52 Å². The average molecular weight is 317 g/mol. The number of non-ortho nitro benzene ring substituents is 1. The summed E-state index contributed by atoms with van der Waals surface area (Å²) in [6, 6.07) is 3.88. The van der Waals surface area contributed by atoms with Gasteiger partial charge in [-0.25, -0.2) is 4.79 Å². The number of aromatic nitrogens is 1. The largest absolute Gasteiger partial charge is 0.420 e. The predicted octanol–water partition coefficient (Wildman–Crippen LogP) is 1.26. The van der Waals surface area contributed by atoms with E-state index in [9.17, 15) is 20.0 Å². The third-order valence-corrected chi connectivity index (χ3v) is 3.18. The van der Waals surface area contributed by atoms with E-state index in [0.717, 1.165) is 0 Å². The third kappa shape index (κ3) is 2.29. The van der Waals surface area contributed by atoms with E-state index >= 15 is 0 Å². The van der Waals surface area contributed by atoms with Gasteiger partial charge in [0, 0.05) is 17.5 Å². The van der Waals surface area contributed by atoms with Crippen molar-refractivity contribution < 1.29 is 14.4 Å². The van der Waals surface area contributed by atoms with Gasteiger partial charge in [-0.2, -0.15) is 0 Å². The van der Waals surface area contributed by atoms with Gasteiger partial charge in [0.2, 0.25) is 0 Å². The molecule has 1 aromatic carbocycles. The van der Waals surface area contributed by atoms with Crippen molar-refractivity contribution in [3.63, 3.8) is 0 Å². The number of benzene rings is 1. The number of alkyl halides is 1. The molecule has 18 heavy (non-hydrogen) atoms. The van der Waals surface area contributed by atoms with Gasteiger partial charge >= 0.3 is 5.76 Å². The van der Waals surface area contributed by atoms with Crippen LogP contribution in [0.3, 0.4) is 0 Å². The van der Waals surface area contributed by atoms with Crippen LogP contribution < -0.4 is 5.76 Å². The standard InChI is InChI=1S/C10H9BrN2O5/c11-4-7(14)5-12-8-3-6(13(16)17)1-2-9(8)18-10(12)15/h1-3,7,14H,4-5H2. The summed E-state index contributed by atoms with van der Waals surface area (Å²) in [7, 11) is 0. The topological polar surface area (TPSA) is 98.5 Å². The maximum atomic E-state index is 11.6. The van der Waals surface area contributed by atoms with Crippen LogP contribution in [-0.2, 0) is 6.54 Å². The van der Waals surface area contributed by atoms with Crippen molar-refractivity contribution in [1.29, 1.82) is 0 Å². The van der Waals surface area contributed by atoms with E-state index in [1.807, 2.05) is 0 Å². The molecule has 2 aromatic rings. The fraction of sp³-hybridized carbons (Fsp3) is 0.300. The molecule has 0 aliphatic rings. The van der Waals surface area contributed by atoms with Crippen LogP contribution in [0.5, 0.6) is 0 Å². The molecule has 1 atom stereocenters. The summed E-state index contributed by atoms with van der Waals surface area (Å²) in [6.45, 7) is 0.0122. The fourth-order valence-corrected chi connectivity index (χ4v) is 1.80. The van der Waals surface area contributed by atoms with Crippen LogP contribution in [0.25, 0.3) is 11.1 Å². The van der Waals surface area contributed by atoms with E-state index in [0.29, 0.717) is 10.8 Å². The lowest BCUT2D eigenvalue weighted by Gasteiger charge is -2.06. The van der Waals surface area contributed by atoms with Crippen LogP contribution in [0, 0.1) is 10.1 Å². The zero-order valence-corrected chi connectivity index (χ0v) is 10.7. The maximum Gasteiger partial charge on any atom is 0.420 e. The van der Waals surface area contributed by atoms with E-state index < -0.39 is 16.8 Å². The summed E-state index contributed by atoms with van der Waals surface area (Å²) in [4.78, 5) is 21.7. The Morgan fingerprint density at radius 1 is 1.56 bits per heavy atom. The summed E-state index contributed by atoms with van der Waals surface area (Å²) in [5.74, 6) is -0.648. The second-order valence-corrected chi connectivity index (χ2v) is 4.34. The van der Waals surface area contributed by atoms with Crippen molar-refractivity contribution >= 4 is 32.7 Å². The lowest BCUT2D eigenvalue weighted by Crippen LogP contribution is -2.24. The Morgan fingerprint density at radius 3 is 2.89 bits per heavy atom. The third-order valence-electron chi connectivity index (χ3n) is 2.43. The van der Waals surface area contributed by atoms with E-state index in [2.05, 4.69) is 15.9 Å². The first-order valence-electron chi connectivity index (χ1n) is 5.04. The minimum atomic E-state index is -0.775. The maximum absolute atomic E-state index is 11.6. The Hall–Kier alpha value is -1.67. The van der Waals surface area contributed by atoms with Gasteiger partial charge in [0.1, 0.15) is 0 Å². The highest BCUT2D eigenvalue weighted by molar-refractivity contribution is 9.09. The molecule has 1 unspecified atom stereocenters. The molecule has 0 radical (unpaired) electrons. The molecule has 7 nitrogen and oxygen atoms in total. The quantitative estimate of drug-likeness (QED) is 0.520. The first kappa shape index (κ1) is 12.8. The number of rotatable bonds is 4. The first-order chi connectivity index (χ1) is 8.52. The van der Waals surface area contributed by atoms with Gasteiger partial charge in [0.05, 0.1) is 23.1 Å². The average Bonchev–Trinajstić information content (AvgIpc) is 2.65. The normalized spacial score (nSPS) is 12.8. The van der Waals surface area contributed by atoms with Gasteiger partial charge in [0.25, 0.3) is 5.69 Å². The SMILES string of the molecule is O=c1oc2ccc([N+](=O)[O-])cc2n1CC(O)CBr. The Bertz CT molecular complexity index is 647. The summed E-state index contributed by atoms with van der Waals surface area (Å²) in [6.07, 6.45) is -0.775. The number of halogens is 1. The Balaban J connectivity index is 2.57. The fourth-order valence-electron chi connectivity index (χ4n) is 1.60. The van der Waals surface area contributed by atoms with Crippen molar-refractivity contribution in [2.45, 2.75) is 12.6 Å². The number of aliphatic hydroxyl groups excluding tert-OH is 1. The molecule has 0 saturated carbocycles. The highest BCUT2D eigenvalue weighted by Gasteiger charge is 2.16. The Kier molecular flexibility index (Phi) is 3.48. The van der Waals surface area contributed by atoms with Gasteiger partial charge in [-0.3, -0.25) is 14.7 Å². The summed E-state index contributed by atoms with van der Waals surface area (Å²) >= 11 is 3.08. The van der Waals surface area contributed by atoms with Gasteiger partial charge in [0.15, 0.2) is 5.58 Å². The number of hydrogen-bond donors (Lipinski definition) is 1. The molecule has 0 aliphatic heterocycles. The van der Waals surface area contributed by atoms with Crippen LogP contribution in [0.15, 0.2) is 27.4 Å². The number of aliphatic hydroxyl groups is 1. The summed E-state index contributed by atoms with van der Waals surface area (Å²) in [5.41, 5.74) is 0.423. The van der Waals surface area contributed by atoms with Crippen molar-refractivity contribution in [3.8, 4) is 0 Å². The molecule has 2 rings (SSSR count). The lowest BCUT2D eigenvalue weighted by molar-refractivity contribution is -0.384. The van der Waals surface area contributed by atoms with Crippen molar-refractivity contribution in [2.75, 3.05) is 5.33 Å². The summed E-state index contributed by atoms with van der Waals surface area (Å²) < 4.78 is 6.11. The van der Waals surface area contributed by atoms with Crippen LogP contribution in [-0.4, -0.2) is 26.0 Å². The number of hydrogen-bond acceptors (Lipinski definition) is 5. The molecule has 0 aliphatic carbocycles. The molecular weight excluding hydrogens is 308 g/mol. The van der Waals surface area contributed by atoms with Crippen molar-refractivity contribution in [2.24, 2.45) is 0 Å². The van der Waals surface area contributed by atoms with Gasteiger partial charge in [-0.05, 0) is 6.07 Å². The monoisotopic (exact) mass is 316 g/mol. The first-order valence-corrected chi connectivity index (χ1v) is 6.17. The molecule has 0 fully saturated rings. The molecule has 0 saturated heterocycles. The second kappa shape index (κ2) is 4.91. The second-order valence-electron chi connectivity index (χ2n) is 3.70. The number of nitro benzene ring substituents is 1. The molecule has 0 bridgehead atoms. The van der Waals surface area contributed by atoms with E-state index in [-0.39, 0.29) is 17.8 Å². The Labute approximate surface area is 109 Å². The molecule has 0 amide bonds. The molecule has 1 N–H and O–H groups in total. The highest BCUT2D eigenvalue weighted by atomic mass is 79.9. The number of nitrogens with zero attached hydrogens (tertiary/aromatic N) is 2. The molecular formula is C10H9BrN2O5. The lowest BCUT2D eigenvalue weighted by atomic mass is 10.3. The zero-order valence-electron chi connectivity index (χ0n) is 9.08. The molecule has 1 heterocycles. The zero-order chi connectivity index (χ0) is 13.3. The van der Waals surface area contributed by atoms with Crippen LogP contribution >= 0.6 is 15.9 Å². The minimum absolute atomic E-state index is 0.0122. The minimum Gasteiger partial charge on any atom is -0.408 e. The van der Waals surface area contributed by atoms with E-state index in [1.165, 1.54) is 22.8 Å². The smallest absolute Gasteiger partial charge is 0.408 e. The molecule has 8 heteroatoms. The molecule has 0 spiro atoms. The van der Waals surface area contributed by atoms with E-state index in [1.54, 1.807) is 0 Å². The van der Waals surface area contributed by atoms with Crippen LogP contribution in [0.1, 0.15) is 0 Å². The van der Waals surface area contributed by atoms with Gasteiger partial charge in [-0.1, -0.05) is 15.9 Å². The molecule has 96 valence electrons. The van der Waals surface area contributed by atoms with E-state index in [4.69, 9.17) is 4.42 Å². The highest BCUT2D eigenvalue weighted by Crippen LogP contribution is 2.20. The van der Waals surface area contributed by atoms with Crippen molar-refractivity contribution in [1.82, 2.24) is 4.57 Å². The molecule has 1 aromatic heterocycles. The van der Waals surface area contributed by atoms with Crippen LogP contribution in [0.4, 0.5) is 5.69 Å². The van der Waals surface area contributed by atoms with Gasteiger partial charge in [-0.15, -0.1) is 0 Å². The summed E-state index contributed by atoms with van der Waals surface area (Å²) in [5, 5.41) is 20.5. The van der Waals surface area contributed by atoms with Crippen LogP contribution in [0.2, 0.25) is 0 Å². The Morgan fingerprint density at radius 2 is 2.28 bits per heavy atom. The number of fused-ring (bicyclic) bond motifs is 1. The number of nitro groups is 1. The number of oxazole rings is 1. The predicted molar refractivity (Wildman–Crippen MR) is 66.9 cm³/mol.